The number of rotatable bonds is 0. The van der Waals surface area contributed by atoms with Crippen LogP contribution < -0.4 is 0 Å². The summed E-state index contributed by atoms with van der Waals surface area (Å²) in [6.07, 6.45) is 0. The Balaban J connectivity index is 0.000000810. The SMILES string of the molecule is Cc1c([NH-])cccc1F.[Y]. The normalized spacial score (nSPS) is 8.60. The third-order valence-corrected chi connectivity index (χ3v) is 1.27. The number of halogens is 1. The molecule has 0 heterocycles. The van der Waals surface area contributed by atoms with Crippen LogP contribution in [0, 0.1) is 12.7 Å². The molecule has 1 nitrogen and oxygen atoms in total. The summed E-state index contributed by atoms with van der Waals surface area (Å²) in [5.41, 5.74) is 7.79. The van der Waals surface area contributed by atoms with Gasteiger partial charge in [0.1, 0.15) is 5.82 Å². The van der Waals surface area contributed by atoms with Crippen LogP contribution in [0.1, 0.15) is 5.56 Å². The van der Waals surface area contributed by atoms with E-state index in [1.165, 1.54) is 12.1 Å². The molecule has 0 spiro atoms. The Morgan fingerprint density at radius 2 is 2.00 bits per heavy atom. The topological polar surface area (TPSA) is 23.8 Å². The zero-order valence-electron chi connectivity index (χ0n) is 5.69. The Hall–Kier alpha value is 0.0539. The van der Waals surface area contributed by atoms with Gasteiger partial charge in [-0.1, -0.05) is 12.1 Å². The molecule has 0 aliphatic heterocycles. The summed E-state index contributed by atoms with van der Waals surface area (Å²) in [6, 6.07) is 4.45. The van der Waals surface area contributed by atoms with Crippen LogP contribution in [0.15, 0.2) is 18.2 Å². The molecule has 0 fully saturated rings. The maximum absolute atomic E-state index is 12.5. The zero-order chi connectivity index (χ0) is 6.85. The predicted molar refractivity (Wildman–Crippen MR) is 35.1 cm³/mol. The summed E-state index contributed by atoms with van der Waals surface area (Å²) in [5, 5.41) is 0. The maximum atomic E-state index is 12.5. The summed E-state index contributed by atoms with van der Waals surface area (Å²) in [7, 11) is 0. The number of benzene rings is 1. The summed E-state index contributed by atoms with van der Waals surface area (Å²) in [6.45, 7) is 1.59. The van der Waals surface area contributed by atoms with Gasteiger partial charge in [-0.05, 0) is 18.6 Å². The fourth-order valence-corrected chi connectivity index (χ4v) is 0.607. The van der Waals surface area contributed by atoms with Crippen LogP contribution in [0.4, 0.5) is 10.1 Å². The first-order chi connectivity index (χ1) is 4.22. The molecule has 0 saturated heterocycles. The Bertz CT molecular complexity index is 205. The van der Waals surface area contributed by atoms with Gasteiger partial charge in [0.25, 0.3) is 0 Å². The van der Waals surface area contributed by atoms with Crippen LogP contribution >= 0.6 is 0 Å². The van der Waals surface area contributed by atoms with Crippen LogP contribution in [-0.2, 0) is 32.7 Å². The fraction of sp³-hybridized carbons (Fsp3) is 0.143. The third-order valence-electron chi connectivity index (χ3n) is 1.27. The summed E-state index contributed by atoms with van der Waals surface area (Å²) in [5.74, 6) is -0.303. The maximum Gasteiger partial charge on any atom is 0.124 e. The van der Waals surface area contributed by atoms with Crippen molar-refractivity contribution >= 4 is 5.69 Å². The summed E-state index contributed by atoms with van der Waals surface area (Å²) < 4.78 is 12.5. The van der Waals surface area contributed by atoms with E-state index in [0.29, 0.717) is 5.56 Å². The fourth-order valence-electron chi connectivity index (χ4n) is 0.607. The molecule has 0 saturated carbocycles. The Labute approximate surface area is 84.7 Å². The molecular weight excluding hydrogens is 206 g/mol. The van der Waals surface area contributed by atoms with Crippen LogP contribution in [0.2, 0.25) is 0 Å². The first-order valence-electron chi connectivity index (χ1n) is 2.68. The van der Waals surface area contributed by atoms with Gasteiger partial charge in [-0.3, -0.25) is 0 Å². The first-order valence-corrected chi connectivity index (χ1v) is 2.68. The van der Waals surface area contributed by atoms with Gasteiger partial charge in [-0.2, -0.15) is 0 Å². The number of hydrogen-bond acceptors (Lipinski definition) is 0. The van der Waals surface area contributed by atoms with Gasteiger partial charge in [-0.25, -0.2) is 4.39 Å². The second-order valence-electron chi connectivity index (χ2n) is 1.91. The molecule has 1 aromatic rings. The molecule has 0 aliphatic carbocycles. The van der Waals surface area contributed by atoms with Gasteiger partial charge in [0.05, 0.1) is 0 Å². The average Bonchev–Trinajstić information content (AvgIpc) is 1.83. The third kappa shape index (κ3) is 2.03. The van der Waals surface area contributed by atoms with E-state index in [1.807, 2.05) is 0 Å². The number of hydrogen-bond donors (Lipinski definition) is 0. The zero-order valence-corrected chi connectivity index (χ0v) is 8.53. The molecule has 1 aromatic carbocycles. The second-order valence-corrected chi connectivity index (χ2v) is 1.91. The van der Waals surface area contributed by atoms with Crippen molar-refractivity contribution in [3.63, 3.8) is 0 Å². The molecule has 0 aromatic heterocycles. The monoisotopic (exact) mass is 213 g/mol. The molecule has 0 bridgehead atoms. The molecule has 3 heteroatoms. The van der Waals surface area contributed by atoms with Crippen LogP contribution in [0.25, 0.3) is 5.73 Å². The summed E-state index contributed by atoms with van der Waals surface area (Å²) >= 11 is 0. The standard InChI is InChI=1S/C7H7FN.Y/c1-5-6(8)3-2-4-7(5)9;/h2-4,9H,1H3;/q-1;. The van der Waals surface area contributed by atoms with Crippen molar-refractivity contribution < 1.29 is 37.1 Å². The molecule has 51 valence electrons. The van der Waals surface area contributed by atoms with Crippen molar-refractivity contribution in [3.05, 3.63) is 35.3 Å². The molecule has 1 rings (SSSR count). The molecule has 0 amide bonds. The molecule has 1 radical (unpaired) electrons. The minimum atomic E-state index is -0.303. The van der Waals surface area contributed by atoms with E-state index in [2.05, 4.69) is 0 Å². The molecule has 1 N–H and O–H groups in total. The van der Waals surface area contributed by atoms with Gasteiger partial charge >= 0.3 is 0 Å². The van der Waals surface area contributed by atoms with Crippen molar-refractivity contribution in [2.45, 2.75) is 6.92 Å². The Kier molecular flexibility index (Phi) is 4.06. The number of nitrogens with one attached hydrogen (secondary N) is 1. The van der Waals surface area contributed by atoms with Crippen molar-refractivity contribution in [1.82, 2.24) is 0 Å². The van der Waals surface area contributed by atoms with E-state index < -0.39 is 0 Å². The second kappa shape index (κ2) is 4.04. The predicted octanol–water partition coefficient (Wildman–Crippen LogP) is 2.82. The molecule has 0 atom stereocenters. The van der Waals surface area contributed by atoms with E-state index >= 15 is 0 Å². The van der Waals surface area contributed by atoms with Gasteiger partial charge in [-0.15, -0.1) is 5.69 Å². The first kappa shape index (κ1) is 10.1. The molecule has 0 aliphatic rings. The van der Waals surface area contributed by atoms with Gasteiger partial charge in [0.15, 0.2) is 0 Å². The van der Waals surface area contributed by atoms with Crippen molar-refractivity contribution in [1.29, 1.82) is 0 Å². The van der Waals surface area contributed by atoms with E-state index in [9.17, 15) is 4.39 Å². The van der Waals surface area contributed by atoms with Gasteiger partial charge in [0, 0.05) is 32.7 Å². The van der Waals surface area contributed by atoms with E-state index in [4.69, 9.17) is 5.73 Å². The Morgan fingerprint density at radius 1 is 1.40 bits per heavy atom. The minimum Gasteiger partial charge on any atom is -0.698 e. The van der Waals surface area contributed by atoms with Crippen molar-refractivity contribution in [3.8, 4) is 0 Å². The van der Waals surface area contributed by atoms with Crippen molar-refractivity contribution in [2.75, 3.05) is 0 Å². The van der Waals surface area contributed by atoms with E-state index in [-0.39, 0.29) is 44.2 Å². The quantitative estimate of drug-likeness (QED) is 0.632. The van der Waals surface area contributed by atoms with E-state index in [0.717, 1.165) is 0 Å². The average molecular weight is 213 g/mol. The Morgan fingerprint density at radius 3 is 2.40 bits per heavy atom. The summed E-state index contributed by atoms with van der Waals surface area (Å²) in [4.78, 5) is 0. The molecular formula is C7H7FNY-. The van der Waals surface area contributed by atoms with Gasteiger partial charge in [0.2, 0.25) is 0 Å². The van der Waals surface area contributed by atoms with E-state index in [1.54, 1.807) is 13.0 Å². The molecule has 0 unspecified atom stereocenters. The molecule has 10 heavy (non-hydrogen) atoms. The minimum absolute atomic E-state index is 0. The largest absolute Gasteiger partial charge is 0.698 e. The van der Waals surface area contributed by atoms with Gasteiger partial charge < -0.3 is 5.73 Å². The van der Waals surface area contributed by atoms with Crippen LogP contribution in [-0.4, -0.2) is 0 Å². The van der Waals surface area contributed by atoms with Crippen LogP contribution in [0.3, 0.4) is 0 Å². The van der Waals surface area contributed by atoms with Crippen molar-refractivity contribution in [2.24, 2.45) is 0 Å². The smallest absolute Gasteiger partial charge is 0.124 e. The van der Waals surface area contributed by atoms with Crippen LogP contribution in [0.5, 0.6) is 0 Å².